The second-order valence-electron chi connectivity index (χ2n) is 4.23. The van der Waals surface area contributed by atoms with Crippen LogP contribution in [0.2, 0.25) is 0 Å². The molecule has 0 saturated carbocycles. The molecule has 1 aromatic heterocycles. The molecule has 0 amide bonds. The molecule has 0 spiro atoms. The third-order valence-corrected chi connectivity index (χ3v) is 2.80. The molecule has 0 aliphatic carbocycles. The van der Waals surface area contributed by atoms with E-state index in [1.807, 2.05) is 24.3 Å². The maximum atomic E-state index is 5.20. The van der Waals surface area contributed by atoms with Crippen molar-refractivity contribution in [1.29, 1.82) is 0 Å². The van der Waals surface area contributed by atoms with Gasteiger partial charge in [0, 0.05) is 19.4 Å². The zero-order valence-corrected chi connectivity index (χ0v) is 11.3. The van der Waals surface area contributed by atoms with Gasteiger partial charge < -0.3 is 14.6 Å². The van der Waals surface area contributed by atoms with E-state index in [9.17, 15) is 0 Å². The first-order valence-electron chi connectivity index (χ1n) is 6.47. The van der Waals surface area contributed by atoms with Gasteiger partial charge in [0.15, 0.2) is 5.82 Å². The van der Waals surface area contributed by atoms with E-state index in [4.69, 9.17) is 9.26 Å². The number of aromatic nitrogens is 2. The number of likely N-dealkylation sites (N-methyl/N-ethyl adjacent to an activating group) is 1. The van der Waals surface area contributed by atoms with E-state index in [0.717, 1.165) is 36.6 Å². The SMILES string of the molecule is CCNCCc1nc(Cc2ccc(OC)cc2)no1. The van der Waals surface area contributed by atoms with Crippen molar-refractivity contribution in [1.82, 2.24) is 15.5 Å². The molecule has 0 unspecified atom stereocenters. The van der Waals surface area contributed by atoms with Crippen molar-refractivity contribution in [2.45, 2.75) is 19.8 Å². The molecule has 1 N–H and O–H groups in total. The molecule has 0 bridgehead atoms. The van der Waals surface area contributed by atoms with Crippen LogP contribution in [0.5, 0.6) is 5.75 Å². The van der Waals surface area contributed by atoms with Gasteiger partial charge in [0.2, 0.25) is 5.89 Å². The summed E-state index contributed by atoms with van der Waals surface area (Å²) >= 11 is 0. The summed E-state index contributed by atoms with van der Waals surface area (Å²) in [5.74, 6) is 2.25. The predicted octanol–water partition coefficient (Wildman–Crippen LogP) is 1.82. The van der Waals surface area contributed by atoms with E-state index >= 15 is 0 Å². The van der Waals surface area contributed by atoms with Crippen LogP contribution in [0.25, 0.3) is 0 Å². The summed E-state index contributed by atoms with van der Waals surface area (Å²) in [7, 11) is 1.66. The fourth-order valence-electron chi connectivity index (χ4n) is 1.76. The summed E-state index contributed by atoms with van der Waals surface area (Å²) < 4.78 is 10.3. The fraction of sp³-hybridized carbons (Fsp3) is 0.429. The number of hydrogen-bond donors (Lipinski definition) is 1. The van der Waals surface area contributed by atoms with Crippen molar-refractivity contribution in [2.24, 2.45) is 0 Å². The van der Waals surface area contributed by atoms with E-state index in [-0.39, 0.29) is 0 Å². The van der Waals surface area contributed by atoms with Crippen molar-refractivity contribution in [3.63, 3.8) is 0 Å². The summed E-state index contributed by atoms with van der Waals surface area (Å²) in [6.07, 6.45) is 1.44. The summed E-state index contributed by atoms with van der Waals surface area (Å²) in [5.41, 5.74) is 1.14. The molecule has 0 aliphatic heterocycles. The Hall–Kier alpha value is -1.88. The predicted molar refractivity (Wildman–Crippen MR) is 72.3 cm³/mol. The molecule has 1 heterocycles. The minimum atomic E-state index is 0.675. The van der Waals surface area contributed by atoms with Gasteiger partial charge in [-0.25, -0.2) is 0 Å². The number of ether oxygens (including phenoxy) is 1. The van der Waals surface area contributed by atoms with Gasteiger partial charge in [-0.3, -0.25) is 0 Å². The molecule has 0 aliphatic rings. The average molecular weight is 261 g/mol. The third-order valence-electron chi connectivity index (χ3n) is 2.80. The molecule has 102 valence electrons. The van der Waals surface area contributed by atoms with E-state index in [2.05, 4.69) is 22.4 Å². The van der Waals surface area contributed by atoms with Crippen molar-refractivity contribution in [2.75, 3.05) is 20.2 Å². The summed E-state index contributed by atoms with van der Waals surface area (Å²) in [6, 6.07) is 7.88. The van der Waals surface area contributed by atoms with E-state index < -0.39 is 0 Å². The van der Waals surface area contributed by atoms with Crippen LogP contribution in [0.3, 0.4) is 0 Å². The van der Waals surface area contributed by atoms with Gasteiger partial charge in [-0.15, -0.1) is 0 Å². The molecule has 0 atom stereocenters. The minimum absolute atomic E-state index is 0.675. The van der Waals surface area contributed by atoms with Gasteiger partial charge in [-0.1, -0.05) is 24.2 Å². The van der Waals surface area contributed by atoms with Gasteiger partial charge in [-0.05, 0) is 24.2 Å². The highest BCUT2D eigenvalue weighted by molar-refractivity contribution is 5.28. The highest BCUT2D eigenvalue weighted by atomic mass is 16.5. The second-order valence-corrected chi connectivity index (χ2v) is 4.23. The zero-order chi connectivity index (χ0) is 13.5. The molecule has 2 rings (SSSR count). The lowest BCUT2D eigenvalue weighted by molar-refractivity contribution is 0.372. The molecule has 19 heavy (non-hydrogen) atoms. The van der Waals surface area contributed by atoms with Crippen LogP contribution in [-0.4, -0.2) is 30.3 Å². The maximum absolute atomic E-state index is 5.20. The van der Waals surface area contributed by atoms with Gasteiger partial charge in [0.25, 0.3) is 0 Å². The Morgan fingerprint density at radius 3 is 2.74 bits per heavy atom. The quantitative estimate of drug-likeness (QED) is 0.770. The van der Waals surface area contributed by atoms with Crippen LogP contribution in [-0.2, 0) is 12.8 Å². The molecule has 0 radical (unpaired) electrons. The smallest absolute Gasteiger partial charge is 0.227 e. The van der Waals surface area contributed by atoms with Crippen LogP contribution in [0.1, 0.15) is 24.2 Å². The molecule has 5 nitrogen and oxygen atoms in total. The van der Waals surface area contributed by atoms with Crippen LogP contribution < -0.4 is 10.1 Å². The van der Waals surface area contributed by atoms with Gasteiger partial charge in [-0.2, -0.15) is 4.98 Å². The van der Waals surface area contributed by atoms with Crippen LogP contribution in [0.4, 0.5) is 0 Å². The lowest BCUT2D eigenvalue weighted by Crippen LogP contribution is -2.16. The van der Waals surface area contributed by atoms with Gasteiger partial charge in [0.1, 0.15) is 5.75 Å². The summed E-state index contributed by atoms with van der Waals surface area (Å²) in [4.78, 5) is 4.37. The zero-order valence-electron chi connectivity index (χ0n) is 11.3. The monoisotopic (exact) mass is 261 g/mol. The number of hydrogen-bond acceptors (Lipinski definition) is 5. The van der Waals surface area contributed by atoms with Crippen molar-refractivity contribution >= 4 is 0 Å². The fourth-order valence-corrected chi connectivity index (χ4v) is 1.76. The van der Waals surface area contributed by atoms with E-state index in [1.165, 1.54) is 0 Å². The Kier molecular flexibility index (Phi) is 4.92. The summed E-state index contributed by atoms with van der Waals surface area (Å²) in [6.45, 7) is 3.89. The van der Waals surface area contributed by atoms with E-state index in [1.54, 1.807) is 7.11 Å². The van der Waals surface area contributed by atoms with Crippen molar-refractivity contribution in [3.05, 3.63) is 41.5 Å². The molecular formula is C14H19N3O2. The largest absolute Gasteiger partial charge is 0.497 e. The standard InChI is InChI=1S/C14H19N3O2/c1-3-15-9-8-14-16-13(17-19-14)10-11-4-6-12(18-2)7-5-11/h4-7,15H,3,8-10H2,1-2H3. The Labute approximate surface area is 113 Å². The first kappa shape index (κ1) is 13.5. The number of nitrogens with one attached hydrogen (secondary N) is 1. The Morgan fingerprint density at radius 2 is 2.05 bits per heavy atom. The lowest BCUT2D eigenvalue weighted by atomic mass is 10.1. The topological polar surface area (TPSA) is 60.2 Å². The minimum Gasteiger partial charge on any atom is -0.497 e. The Balaban J connectivity index is 1.91. The second kappa shape index (κ2) is 6.89. The molecular weight excluding hydrogens is 242 g/mol. The molecule has 1 aromatic carbocycles. The van der Waals surface area contributed by atoms with E-state index in [0.29, 0.717) is 12.3 Å². The van der Waals surface area contributed by atoms with Crippen LogP contribution in [0, 0.1) is 0 Å². The van der Waals surface area contributed by atoms with Crippen molar-refractivity contribution < 1.29 is 9.26 Å². The summed E-state index contributed by atoms with van der Waals surface area (Å²) in [5, 5.41) is 7.21. The first-order chi connectivity index (χ1) is 9.31. The lowest BCUT2D eigenvalue weighted by Gasteiger charge is -2.00. The molecule has 0 saturated heterocycles. The van der Waals surface area contributed by atoms with Crippen LogP contribution in [0.15, 0.2) is 28.8 Å². The van der Waals surface area contributed by atoms with Crippen LogP contribution >= 0.6 is 0 Å². The van der Waals surface area contributed by atoms with Crippen molar-refractivity contribution in [3.8, 4) is 5.75 Å². The number of benzene rings is 1. The molecule has 5 heteroatoms. The number of nitrogens with zero attached hydrogens (tertiary/aromatic N) is 2. The Bertz CT molecular complexity index is 494. The molecule has 0 fully saturated rings. The van der Waals surface area contributed by atoms with Gasteiger partial charge in [0.05, 0.1) is 7.11 Å². The molecule has 2 aromatic rings. The normalized spacial score (nSPS) is 10.6. The number of rotatable bonds is 7. The highest BCUT2D eigenvalue weighted by Gasteiger charge is 2.06. The average Bonchev–Trinajstić information content (AvgIpc) is 2.88. The first-order valence-corrected chi connectivity index (χ1v) is 6.47. The van der Waals surface area contributed by atoms with Gasteiger partial charge >= 0.3 is 0 Å². The number of methoxy groups -OCH3 is 1. The Morgan fingerprint density at radius 1 is 1.26 bits per heavy atom. The third kappa shape index (κ3) is 4.06. The maximum Gasteiger partial charge on any atom is 0.227 e. The highest BCUT2D eigenvalue weighted by Crippen LogP contribution is 2.13.